The van der Waals surface area contributed by atoms with E-state index in [2.05, 4.69) is 17.9 Å². The SMILES string of the molecule is CC(C)[C@H](C)C(=O)N[C@@H](Cc1ccccc1)C(=O)S. The summed E-state index contributed by atoms with van der Waals surface area (Å²) in [7, 11) is 0. The Morgan fingerprint density at radius 3 is 2.21 bits per heavy atom. The van der Waals surface area contributed by atoms with Crippen molar-refractivity contribution in [2.75, 3.05) is 0 Å². The molecule has 0 aliphatic heterocycles. The topological polar surface area (TPSA) is 46.2 Å². The first-order chi connectivity index (χ1) is 8.91. The summed E-state index contributed by atoms with van der Waals surface area (Å²) in [6.07, 6.45) is 0.472. The third kappa shape index (κ3) is 5.07. The Morgan fingerprint density at radius 1 is 1.16 bits per heavy atom. The Kier molecular flexibility index (Phi) is 6.09. The lowest BCUT2D eigenvalue weighted by molar-refractivity contribution is -0.128. The lowest BCUT2D eigenvalue weighted by Gasteiger charge is -2.20. The van der Waals surface area contributed by atoms with Crippen LogP contribution >= 0.6 is 12.6 Å². The molecular formula is C15H21NO2S. The number of nitrogens with one attached hydrogen (secondary N) is 1. The zero-order chi connectivity index (χ0) is 14.4. The molecule has 0 radical (unpaired) electrons. The summed E-state index contributed by atoms with van der Waals surface area (Å²) in [6.45, 7) is 5.83. The average Bonchev–Trinajstić information content (AvgIpc) is 2.37. The van der Waals surface area contributed by atoms with E-state index < -0.39 is 6.04 Å². The molecule has 0 bridgehead atoms. The van der Waals surface area contributed by atoms with Gasteiger partial charge in [0.15, 0.2) is 0 Å². The Balaban J connectivity index is 2.69. The van der Waals surface area contributed by atoms with Crippen LogP contribution < -0.4 is 5.32 Å². The zero-order valence-corrected chi connectivity index (χ0v) is 12.5. The van der Waals surface area contributed by atoms with Crippen molar-refractivity contribution in [1.29, 1.82) is 0 Å². The van der Waals surface area contributed by atoms with Gasteiger partial charge in [0.2, 0.25) is 11.0 Å². The molecule has 0 unspecified atom stereocenters. The Hall–Kier alpha value is -1.29. The van der Waals surface area contributed by atoms with Gasteiger partial charge in [-0.15, -0.1) is 12.6 Å². The van der Waals surface area contributed by atoms with Gasteiger partial charge in [0, 0.05) is 12.3 Å². The number of rotatable bonds is 6. The van der Waals surface area contributed by atoms with Crippen LogP contribution in [0.1, 0.15) is 26.3 Å². The Labute approximate surface area is 120 Å². The van der Waals surface area contributed by atoms with E-state index in [0.29, 0.717) is 6.42 Å². The number of hydrogen-bond acceptors (Lipinski definition) is 2. The second kappa shape index (κ2) is 7.34. The number of hydrogen-bond donors (Lipinski definition) is 2. The highest BCUT2D eigenvalue weighted by molar-refractivity contribution is 7.96. The minimum atomic E-state index is -0.570. The van der Waals surface area contributed by atoms with Gasteiger partial charge in [-0.1, -0.05) is 51.1 Å². The molecule has 1 amide bonds. The van der Waals surface area contributed by atoms with E-state index in [9.17, 15) is 9.59 Å². The van der Waals surface area contributed by atoms with Gasteiger partial charge >= 0.3 is 0 Å². The number of benzene rings is 1. The third-order valence-electron chi connectivity index (χ3n) is 3.31. The lowest BCUT2D eigenvalue weighted by Crippen LogP contribution is -2.44. The molecule has 4 heteroatoms. The summed E-state index contributed by atoms with van der Waals surface area (Å²) in [5.41, 5.74) is 1.01. The van der Waals surface area contributed by atoms with Crippen LogP contribution in [0, 0.1) is 11.8 Å². The minimum absolute atomic E-state index is 0.0988. The molecule has 1 rings (SSSR count). The van der Waals surface area contributed by atoms with E-state index in [1.165, 1.54) is 0 Å². The van der Waals surface area contributed by atoms with Crippen molar-refractivity contribution in [2.45, 2.75) is 33.2 Å². The van der Waals surface area contributed by atoms with Crippen LogP contribution in [-0.2, 0) is 16.0 Å². The van der Waals surface area contributed by atoms with E-state index in [1.54, 1.807) is 0 Å². The fourth-order valence-electron chi connectivity index (χ4n) is 1.66. The van der Waals surface area contributed by atoms with Crippen molar-refractivity contribution in [3.63, 3.8) is 0 Å². The molecule has 0 heterocycles. The second-order valence-electron chi connectivity index (χ2n) is 5.12. The van der Waals surface area contributed by atoms with Gasteiger partial charge in [0.25, 0.3) is 0 Å². The number of carbonyl (C=O) groups is 2. The van der Waals surface area contributed by atoms with Crippen LogP contribution in [0.25, 0.3) is 0 Å². The lowest BCUT2D eigenvalue weighted by atomic mass is 9.96. The van der Waals surface area contributed by atoms with Crippen LogP contribution in [-0.4, -0.2) is 17.1 Å². The Morgan fingerprint density at radius 2 is 1.74 bits per heavy atom. The molecule has 1 aromatic rings. The number of thiol groups is 1. The molecule has 1 N–H and O–H groups in total. The highest BCUT2D eigenvalue weighted by Crippen LogP contribution is 2.11. The van der Waals surface area contributed by atoms with Gasteiger partial charge in [0.05, 0.1) is 0 Å². The smallest absolute Gasteiger partial charge is 0.223 e. The fraction of sp³-hybridized carbons (Fsp3) is 0.467. The normalized spacial score (nSPS) is 13.9. The van der Waals surface area contributed by atoms with E-state index in [-0.39, 0.29) is 22.9 Å². The third-order valence-corrected chi connectivity index (χ3v) is 3.62. The maximum Gasteiger partial charge on any atom is 0.223 e. The zero-order valence-electron chi connectivity index (χ0n) is 11.6. The molecule has 3 nitrogen and oxygen atoms in total. The number of amides is 1. The van der Waals surface area contributed by atoms with E-state index in [0.717, 1.165) is 5.56 Å². The molecule has 0 spiro atoms. The molecule has 0 saturated heterocycles. The summed E-state index contributed by atoms with van der Waals surface area (Å²) >= 11 is 3.86. The number of carbonyl (C=O) groups excluding carboxylic acids is 2. The van der Waals surface area contributed by atoms with E-state index in [4.69, 9.17) is 0 Å². The van der Waals surface area contributed by atoms with Gasteiger partial charge in [-0.25, -0.2) is 0 Å². The summed E-state index contributed by atoms with van der Waals surface area (Å²) in [4.78, 5) is 23.5. The van der Waals surface area contributed by atoms with Gasteiger partial charge in [-0.3, -0.25) is 9.59 Å². The Bertz CT molecular complexity index is 431. The van der Waals surface area contributed by atoms with Gasteiger partial charge in [-0.2, -0.15) is 0 Å². The maximum absolute atomic E-state index is 12.0. The molecule has 1 aromatic carbocycles. The quantitative estimate of drug-likeness (QED) is 0.786. The molecule has 19 heavy (non-hydrogen) atoms. The largest absolute Gasteiger partial charge is 0.345 e. The maximum atomic E-state index is 12.0. The minimum Gasteiger partial charge on any atom is -0.345 e. The highest BCUT2D eigenvalue weighted by Gasteiger charge is 2.23. The summed E-state index contributed by atoms with van der Waals surface area (Å²) in [5, 5.41) is 2.47. The van der Waals surface area contributed by atoms with Crippen LogP contribution in [0.2, 0.25) is 0 Å². The van der Waals surface area contributed by atoms with Gasteiger partial charge in [-0.05, 0) is 11.5 Å². The highest BCUT2D eigenvalue weighted by atomic mass is 32.1. The molecule has 0 saturated carbocycles. The van der Waals surface area contributed by atoms with E-state index in [1.807, 2.05) is 51.1 Å². The monoisotopic (exact) mass is 279 g/mol. The van der Waals surface area contributed by atoms with Gasteiger partial charge in [0.1, 0.15) is 6.04 Å². The molecular weight excluding hydrogens is 258 g/mol. The van der Waals surface area contributed by atoms with Crippen LogP contribution in [0.5, 0.6) is 0 Å². The van der Waals surface area contributed by atoms with Crippen LogP contribution in [0.3, 0.4) is 0 Å². The van der Waals surface area contributed by atoms with Crippen molar-refractivity contribution in [2.24, 2.45) is 11.8 Å². The first-order valence-electron chi connectivity index (χ1n) is 6.49. The van der Waals surface area contributed by atoms with Crippen molar-refractivity contribution in [3.05, 3.63) is 35.9 Å². The van der Waals surface area contributed by atoms with Crippen molar-refractivity contribution < 1.29 is 9.59 Å². The molecule has 0 aliphatic rings. The first-order valence-corrected chi connectivity index (χ1v) is 6.93. The summed E-state index contributed by atoms with van der Waals surface area (Å²) < 4.78 is 0. The van der Waals surface area contributed by atoms with Crippen molar-refractivity contribution in [3.8, 4) is 0 Å². The predicted octanol–water partition coefficient (Wildman–Crippen LogP) is 2.46. The van der Waals surface area contributed by atoms with Crippen molar-refractivity contribution >= 4 is 23.7 Å². The summed E-state index contributed by atoms with van der Waals surface area (Å²) in [6, 6.07) is 9.03. The predicted molar refractivity (Wildman–Crippen MR) is 80.1 cm³/mol. The molecule has 0 aliphatic carbocycles. The summed E-state index contributed by atoms with van der Waals surface area (Å²) in [5.74, 6) is 0.0247. The standard InChI is InChI=1S/C15H21NO2S/c1-10(2)11(3)14(17)16-13(15(18)19)9-12-7-5-4-6-8-12/h4-8,10-11,13H,9H2,1-3H3,(H,16,17)(H,18,19)/t11-,13-/m0/s1. The fourth-order valence-corrected chi connectivity index (χ4v) is 1.81. The molecule has 0 fully saturated rings. The van der Waals surface area contributed by atoms with Crippen LogP contribution in [0.15, 0.2) is 30.3 Å². The average molecular weight is 279 g/mol. The van der Waals surface area contributed by atoms with Gasteiger partial charge < -0.3 is 5.32 Å². The first kappa shape index (κ1) is 15.8. The van der Waals surface area contributed by atoms with Crippen LogP contribution in [0.4, 0.5) is 0 Å². The van der Waals surface area contributed by atoms with Crippen molar-refractivity contribution in [1.82, 2.24) is 5.32 Å². The van der Waals surface area contributed by atoms with E-state index >= 15 is 0 Å². The second-order valence-corrected chi connectivity index (χ2v) is 5.56. The molecule has 0 aromatic heterocycles. The molecule has 104 valence electrons. The molecule has 2 atom stereocenters.